The molecule has 3 aliphatic heterocycles. The maximum atomic E-state index is 14.4. The molecule has 35 heavy (non-hydrogen) atoms. The fraction of sp³-hybridized carbons (Fsp3) is 0.538. The maximum absolute atomic E-state index is 14.4. The van der Waals surface area contributed by atoms with Crippen molar-refractivity contribution in [3.8, 4) is 5.88 Å². The molecule has 1 spiro atoms. The summed E-state index contributed by atoms with van der Waals surface area (Å²) in [5, 5.41) is 10.7. The van der Waals surface area contributed by atoms with E-state index >= 15 is 0 Å². The number of amides is 1. The predicted octanol–water partition coefficient (Wildman–Crippen LogP) is 2.06. The van der Waals surface area contributed by atoms with E-state index in [1.165, 1.54) is 20.4 Å². The highest BCUT2D eigenvalue weighted by atomic mass is 16.5. The number of piperidine rings is 1. The SMILES string of the molecule is COC(=O)[C@@H]1[C@H]2C[C@@H]3N(CC[C@@]34C(=O)N(c3cncc(OC)n3)c3ccccc34)C[C@@H]2CC[C@@H]1O. The molecule has 0 unspecified atom stereocenters. The zero-order chi connectivity index (χ0) is 24.3. The first-order valence-electron chi connectivity index (χ1n) is 12.3. The number of rotatable bonds is 3. The third-order valence-corrected chi connectivity index (χ3v) is 8.80. The van der Waals surface area contributed by atoms with E-state index < -0.39 is 17.4 Å². The van der Waals surface area contributed by atoms with Crippen molar-refractivity contribution in [1.82, 2.24) is 14.9 Å². The van der Waals surface area contributed by atoms with Gasteiger partial charge in [0.05, 0.1) is 49.7 Å². The molecular formula is C26H30N4O5. The van der Waals surface area contributed by atoms with Crippen LogP contribution in [0.1, 0.15) is 31.2 Å². The number of aliphatic hydroxyl groups is 1. The smallest absolute Gasteiger partial charge is 0.311 e. The monoisotopic (exact) mass is 478 g/mol. The van der Waals surface area contributed by atoms with Gasteiger partial charge in [0.1, 0.15) is 0 Å². The maximum Gasteiger partial charge on any atom is 0.311 e. The highest BCUT2D eigenvalue weighted by molar-refractivity contribution is 6.13. The van der Waals surface area contributed by atoms with E-state index in [1.54, 1.807) is 11.1 Å². The molecule has 1 aromatic carbocycles. The molecule has 184 valence electrons. The number of hydrogen-bond acceptors (Lipinski definition) is 8. The van der Waals surface area contributed by atoms with Crippen molar-refractivity contribution in [3.63, 3.8) is 0 Å². The molecule has 1 N–H and O–H groups in total. The predicted molar refractivity (Wildman–Crippen MR) is 126 cm³/mol. The summed E-state index contributed by atoms with van der Waals surface area (Å²) in [6, 6.07) is 7.84. The van der Waals surface area contributed by atoms with Crippen LogP contribution in [0.15, 0.2) is 36.7 Å². The molecule has 9 heteroatoms. The Morgan fingerprint density at radius 2 is 2.03 bits per heavy atom. The van der Waals surface area contributed by atoms with Crippen LogP contribution in [0.4, 0.5) is 11.5 Å². The molecule has 4 heterocycles. The van der Waals surface area contributed by atoms with Gasteiger partial charge in [-0.05, 0) is 55.7 Å². The molecule has 0 bridgehead atoms. The van der Waals surface area contributed by atoms with Gasteiger partial charge in [0.2, 0.25) is 11.8 Å². The minimum Gasteiger partial charge on any atom is -0.480 e. The van der Waals surface area contributed by atoms with Crippen LogP contribution < -0.4 is 9.64 Å². The number of para-hydroxylation sites is 1. The quantitative estimate of drug-likeness (QED) is 0.669. The van der Waals surface area contributed by atoms with Crippen LogP contribution in [0.25, 0.3) is 0 Å². The number of nitrogens with zero attached hydrogens (tertiary/aromatic N) is 4. The van der Waals surface area contributed by atoms with Crippen LogP contribution in [0.2, 0.25) is 0 Å². The van der Waals surface area contributed by atoms with Crippen molar-refractivity contribution in [2.45, 2.75) is 43.2 Å². The van der Waals surface area contributed by atoms with Gasteiger partial charge in [-0.3, -0.25) is 24.4 Å². The van der Waals surface area contributed by atoms with E-state index in [4.69, 9.17) is 9.47 Å². The average Bonchev–Trinajstić information content (AvgIpc) is 3.38. The Balaban J connectivity index is 1.42. The Hall–Kier alpha value is -3.04. The van der Waals surface area contributed by atoms with Crippen LogP contribution in [0, 0.1) is 17.8 Å². The van der Waals surface area contributed by atoms with Gasteiger partial charge in [0.15, 0.2) is 5.82 Å². The molecule has 2 saturated heterocycles. The van der Waals surface area contributed by atoms with Crippen LogP contribution in [-0.4, -0.2) is 71.3 Å². The van der Waals surface area contributed by atoms with E-state index in [0.29, 0.717) is 36.9 Å². The molecule has 6 atom stereocenters. The second-order valence-electron chi connectivity index (χ2n) is 10.2. The van der Waals surface area contributed by atoms with E-state index in [1.807, 2.05) is 24.3 Å². The van der Waals surface area contributed by atoms with Crippen molar-refractivity contribution >= 4 is 23.4 Å². The van der Waals surface area contributed by atoms with E-state index in [9.17, 15) is 14.7 Å². The van der Waals surface area contributed by atoms with Crippen LogP contribution in [0.3, 0.4) is 0 Å². The summed E-state index contributed by atoms with van der Waals surface area (Å²) in [5.74, 6) is 0.155. The number of esters is 1. The number of aromatic nitrogens is 2. The minimum atomic E-state index is -0.741. The first-order chi connectivity index (χ1) is 17.0. The number of fused-ring (bicyclic) bond motifs is 5. The Labute approximate surface area is 204 Å². The number of aliphatic hydroxyl groups excluding tert-OH is 1. The third kappa shape index (κ3) is 3.14. The van der Waals surface area contributed by atoms with Crippen LogP contribution in [-0.2, 0) is 19.7 Å². The number of hydrogen-bond donors (Lipinski definition) is 1. The largest absolute Gasteiger partial charge is 0.480 e. The van der Waals surface area contributed by atoms with E-state index in [0.717, 1.165) is 30.8 Å². The molecule has 6 rings (SSSR count). The molecule has 4 aliphatic rings. The Morgan fingerprint density at radius 3 is 2.83 bits per heavy atom. The molecule has 9 nitrogen and oxygen atoms in total. The van der Waals surface area contributed by atoms with Gasteiger partial charge in [-0.15, -0.1) is 0 Å². The molecule has 1 amide bonds. The highest BCUT2D eigenvalue weighted by Gasteiger charge is 2.63. The lowest BCUT2D eigenvalue weighted by atomic mass is 9.62. The van der Waals surface area contributed by atoms with Crippen LogP contribution >= 0.6 is 0 Å². The first kappa shape index (κ1) is 22.4. The normalized spacial score (nSPS) is 33.9. The summed E-state index contributed by atoms with van der Waals surface area (Å²) in [4.78, 5) is 39.9. The molecule has 0 radical (unpaired) electrons. The second kappa shape index (κ2) is 8.27. The van der Waals surface area contributed by atoms with Gasteiger partial charge >= 0.3 is 5.97 Å². The standard InChI is InChI=1S/C26H30N4O5/c1-34-22-13-27-12-21(28-22)30-18-6-4-3-5-17(18)26(25(30)33)9-10-29-14-15-7-8-19(31)23(24(32)35-2)16(15)11-20(26)29/h3-6,12-13,15-16,19-20,23,31H,7-11,14H2,1-2H3/t15-,16-,19-,20-,23+,26-/m0/s1. The average molecular weight is 479 g/mol. The van der Waals surface area contributed by atoms with Gasteiger partial charge < -0.3 is 14.6 Å². The highest BCUT2D eigenvalue weighted by Crippen LogP contribution is 2.57. The molecule has 1 saturated carbocycles. The molecule has 2 aromatic rings. The summed E-state index contributed by atoms with van der Waals surface area (Å²) in [7, 11) is 2.91. The van der Waals surface area contributed by atoms with Crippen molar-refractivity contribution < 1.29 is 24.2 Å². The third-order valence-electron chi connectivity index (χ3n) is 8.80. The summed E-state index contributed by atoms with van der Waals surface area (Å²) in [6.07, 6.45) is 5.25. The van der Waals surface area contributed by atoms with Gasteiger partial charge in [0.25, 0.3) is 0 Å². The summed E-state index contributed by atoms with van der Waals surface area (Å²) >= 11 is 0. The van der Waals surface area contributed by atoms with Gasteiger partial charge in [-0.25, -0.2) is 0 Å². The molecule has 1 aliphatic carbocycles. The minimum absolute atomic E-state index is 0.0156. The number of methoxy groups -OCH3 is 2. The number of benzene rings is 1. The lowest BCUT2D eigenvalue weighted by Crippen LogP contribution is -2.58. The number of anilines is 2. The molecule has 1 aromatic heterocycles. The fourth-order valence-electron chi connectivity index (χ4n) is 7.28. The topological polar surface area (TPSA) is 105 Å². The molecule has 3 fully saturated rings. The Kier molecular flexibility index (Phi) is 5.30. The fourth-order valence-corrected chi connectivity index (χ4v) is 7.28. The summed E-state index contributed by atoms with van der Waals surface area (Å²) < 4.78 is 10.4. The Morgan fingerprint density at radius 1 is 1.20 bits per heavy atom. The van der Waals surface area contributed by atoms with Crippen LogP contribution in [0.5, 0.6) is 5.88 Å². The molecular weight excluding hydrogens is 448 g/mol. The second-order valence-corrected chi connectivity index (χ2v) is 10.2. The van der Waals surface area contributed by atoms with Crippen molar-refractivity contribution in [3.05, 3.63) is 42.2 Å². The lowest BCUT2D eigenvalue weighted by Gasteiger charge is -2.50. The number of ether oxygens (including phenoxy) is 2. The lowest BCUT2D eigenvalue weighted by molar-refractivity contribution is -0.159. The van der Waals surface area contributed by atoms with E-state index in [-0.39, 0.29) is 23.8 Å². The van der Waals surface area contributed by atoms with Gasteiger partial charge in [0, 0.05) is 12.6 Å². The van der Waals surface area contributed by atoms with Crippen molar-refractivity contribution in [2.24, 2.45) is 17.8 Å². The summed E-state index contributed by atoms with van der Waals surface area (Å²) in [6.45, 7) is 1.64. The van der Waals surface area contributed by atoms with Crippen molar-refractivity contribution in [2.75, 3.05) is 32.2 Å². The first-order valence-corrected chi connectivity index (χ1v) is 12.3. The Bertz CT molecular complexity index is 1170. The van der Waals surface area contributed by atoms with Gasteiger partial charge in [-0.2, -0.15) is 4.98 Å². The van der Waals surface area contributed by atoms with E-state index in [2.05, 4.69) is 14.9 Å². The zero-order valence-corrected chi connectivity index (χ0v) is 20.0. The number of carbonyl (C=O) groups is 2. The van der Waals surface area contributed by atoms with Gasteiger partial charge in [-0.1, -0.05) is 18.2 Å². The summed E-state index contributed by atoms with van der Waals surface area (Å²) in [5.41, 5.74) is 1.07. The zero-order valence-electron chi connectivity index (χ0n) is 20.0. The number of carbonyl (C=O) groups excluding carboxylic acids is 2. The van der Waals surface area contributed by atoms with Crippen molar-refractivity contribution in [1.29, 1.82) is 0 Å².